The average Bonchev–Trinajstić information content (AvgIpc) is 3.40. The standard InChI is InChI=1S/C23H18N4O2S/c28-13-14-12-19-21(30-14)23(27-8-10-29-11-9-27)26-22(25-19)16-5-3-7-18-20(16)15-4-1-2-6-17(15)24-18/h1-6,12-13H,7-11H2. The topological polar surface area (TPSA) is 67.7 Å². The summed E-state index contributed by atoms with van der Waals surface area (Å²) >= 11 is 1.45. The fraction of sp³-hybridized carbons (Fsp3) is 0.217. The zero-order chi connectivity index (χ0) is 20.1. The van der Waals surface area contributed by atoms with Crippen LogP contribution in [0, 0.1) is 0 Å². The van der Waals surface area contributed by atoms with Crippen LogP contribution in [0.1, 0.15) is 27.5 Å². The van der Waals surface area contributed by atoms with Gasteiger partial charge in [0.1, 0.15) is 0 Å². The maximum absolute atomic E-state index is 11.4. The number of ether oxygens (including phenoxy) is 1. The Labute approximate surface area is 177 Å². The molecule has 6 nitrogen and oxygen atoms in total. The van der Waals surface area contributed by atoms with Gasteiger partial charge >= 0.3 is 0 Å². The van der Waals surface area contributed by atoms with Crippen LogP contribution in [-0.2, 0) is 4.74 Å². The molecule has 2 aromatic heterocycles. The Bertz CT molecular complexity index is 1280. The number of aliphatic imine (C=N–C) groups is 1. The lowest BCUT2D eigenvalue weighted by Crippen LogP contribution is -2.37. The molecular weight excluding hydrogens is 396 g/mol. The number of carbonyl (C=O) groups excluding carboxylic acids is 1. The van der Waals surface area contributed by atoms with E-state index in [4.69, 9.17) is 19.7 Å². The normalized spacial score (nSPS) is 17.9. The second kappa shape index (κ2) is 6.97. The van der Waals surface area contributed by atoms with Crippen molar-refractivity contribution >= 4 is 56.2 Å². The van der Waals surface area contributed by atoms with Crippen molar-refractivity contribution in [2.45, 2.75) is 6.42 Å². The van der Waals surface area contributed by atoms with E-state index in [-0.39, 0.29) is 0 Å². The second-order valence-electron chi connectivity index (χ2n) is 7.42. The van der Waals surface area contributed by atoms with Crippen LogP contribution < -0.4 is 4.90 Å². The highest BCUT2D eigenvalue weighted by Crippen LogP contribution is 2.43. The summed E-state index contributed by atoms with van der Waals surface area (Å²) < 4.78 is 6.48. The van der Waals surface area contributed by atoms with Gasteiger partial charge in [0.25, 0.3) is 0 Å². The van der Waals surface area contributed by atoms with Gasteiger partial charge in [-0.05, 0) is 12.1 Å². The lowest BCUT2D eigenvalue weighted by molar-refractivity contribution is 0.112. The zero-order valence-electron chi connectivity index (χ0n) is 16.2. The molecule has 3 aromatic rings. The van der Waals surface area contributed by atoms with Gasteiger partial charge in [-0.2, -0.15) is 0 Å². The maximum atomic E-state index is 11.4. The number of thiophene rings is 1. The van der Waals surface area contributed by atoms with Crippen molar-refractivity contribution in [3.63, 3.8) is 0 Å². The fourth-order valence-electron chi connectivity index (χ4n) is 4.25. The summed E-state index contributed by atoms with van der Waals surface area (Å²) in [5.74, 6) is 1.56. The monoisotopic (exact) mass is 414 g/mol. The molecule has 0 bridgehead atoms. The number of hydrogen-bond donors (Lipinski definition) is 0. The van der Waals surface area contributed by atoms with Crippen molar-refractivity contribution < 1.29 is 9.53 Å². The minimum Gasteiger partial charge on any atom is -0.378 e. The van der Waals surface area contributed by atoms with E-state index < -0.39 is 0 Å². The highest BCUT2D eigenvalue weighted by Gasteiger charge is 2.28. The van der Waals surface area contributed by atoms with E-state index in [2.05, 4.69) is 23.1 Å². The molecule has 1 aromatic carbocycles. The lowest BCUT2D eigenvalue weighted by atomic mass is 9.91. The van der Waals surface area contributed by atoms with E-state index >= 15 is 0 Å². The van der Waals surface area contributed by atoms with Crippen molar-refractivity contribution in [1.29, 1.82) is 0 Å². The third-order valence-electron chi connectivity index (χ3n) is 5.62. The van der Waals surface area contributed by atoms with Crippen LogP contribution >= 0.6 is 11.3 Å². The van der Waals surface area contributed by atoms with Crippen LogP contribution in [0.3, 0.4) is 0 Å². The Balaban J connectivity index is 1.59. The Hall–Kier alpha value is -3.16. The molecule has 148 valence electrons. The van der Waals surface area contributed by atoms with Crippen LogP contribution in [0.2, 0.25) is 0 Å². The molecule has 0 spiro atoms. The molecule has 2 aliphatic heterocycles. The predicted octanol–water partition coefficient (Wildman–Crippen LogP) is 4.30. The molecule has 0 radical (unpaired) electrons. The van der Waals surface area contributed by atoms with Gasteiger partial charge in [0, 0.05) is 36.2 Å². The van der Waals surface area contributed by atoms with Crippen molar-refractivity contribution in [3.8, 4) is 0 Å². The minimum atomic E-state index is 0.663. The summed E-state index contributed by atoms with van der Waals surface area (Å²) in [4.78, 5) is 29.0. The molecule has 0 N–H and O–H groups in total. The number of nitrogens with zero attached hydrogens (tertiary/aromatic N) is 4. The number of rotatable bonds is 3. The average molecular weight is 414 g/mol. The molecule has 30 heavy (non-hydrogen) atoms. The van der Waals surface area contributed by atoms with E-state index in [9.17, 15) is 4.79 Å². The number of carbonyl (C=O) groups is 1. The molecule has 0 amide bonds. The first-order valence-corrected chi connectivity index (χ1v) is 10.8. The van der Waals surface area contributed by atoms with Gasteiger partial charge in [0.05, 0.1) is 39.7 Å². The van der Waals surface area contributed by atoms with Crippen molar-refractivity contribution in [2.24, 2.45) is 4.99 Å². The lowest BCUT2D eigenvalue weighted by Gasteiger charge is -2.28. The molecule has 7 heteroatoms. The van der Waals surface area contributed by atoms with Crippen LogP contribution in [-0.4, -0.2) is 48.3 Å². The second-order valence-corrected chi connectivity index (χ2v) is 8.51. The molecule has 0 saturated carbocycles. The summed E-state index contributed by atoms with van der Waals surface area (Å²) in [6.45, 7) is 2.89. The first-order chi connectivity index (χ1) is 14.8. The molecule has 0 atom stereocenters. The molecule has 6 rings (SSSR count). The van der Waals surface area contributed by atoms with E-state index in [1.54, 1.807) is 0 Å². The minimum absolute atomic E-state index is 0.663. The number of allylic oxidation sites excluding steroid dienone is 4. The van der Waals surface area contributed by atoms with Gasteiger partial charge in [-0.1, -0.05) is 30.4 Å². The number of benzene rings is 1. The smallest absolute Gasteiger partial charge is 0.162 e. The number of hydrogen-bond acceptors (Lipinski definition) is 7. The van der Waals surface area contributed by atoms with Gasteiger partial charge in [0.2, 0.25) is 0 Å². The van der Waals surface area contributed by atoms with Gasteiger partial charge < -0.3 is 9.64 Å². The number of anilines is 1. The van der Waals surface area contributed by atoms with E-state index in [1.807, 2.05) is 24.3 Å². The van der Waals surface area contributed by atoms with Crippen LogP contribution in [0.15, 0.2) is 47.5 Å². The van der Waals surface area contributed by atoms with Crippen molar-refractivity contribution in [3.05, 3.63) is 58.7 Å². The quantitative estimate of drug-likeness (QED) is 0.598. The highest BCUT2D eigenvalue weighted by atomic mass is 32.1. The molecule has 4 heterocycles. The highest BCUT2D eigenvalue weighted by molar-refractivity contribution is 7.21. The fourth-order valence-corrected chi connectivity index (χ4v) is 5.18. The summed E-state index contributed by atoms with van der Waals surface area (Å²) in [5, 5.41) is 0. The summed E-state index contributed by atoms with van der Waals surface area (Å²) in [6.07, 6.45) is 5.92. The summed E-state index contributed by atoms with van der Waals surface area (Å²) in [7, 11) is 0. The van der Waals surface area contributed by atoms with E-state index in [0.29, 0.717) is 23.9 Å². The Morgan fingerprint density at radius 1 is 1.13 bits per heavy atom. The third kappa shape index (κ3) is 2.74. The number of aromatic nitrogens is 2. The SMILES string of the molecule is O=Cc1cc2nc(C3=C4C(=Nc5ccccc54)CC=C3)nc(N3CCOCC3)c2s1. The van der Waals surface area contributed by atoms with Gasteiger partial charge in [-0.15, -0.1) is 11.3 Å². The molecule has 1 saturated heterocycles. The summed E-state index contributed by atoms with van der Waals surface area (Å²) in [6, 6.07) is 10.1. The van der Waals surface area contributed by atoms with Crippen LogP contribution in [0.4, 0.5) is 11.5 Å². The van der Waals surface area contributed by atoms with Crippen LogP contribution in [0.5, 0.6) is 0 Å². The van der Waals surface area contributed by atoms with Gasteiger partial charge in [0.15, 0.2) is 17.9 Å². The van der Waals surface area contributed by atoms with Crippen molar-refractivity contribution in [1.82, 2.24) is 9.97 Å². The number of aldehydes is 1. The molecule has 3 aliphatic rings. The third-order valence-corrected chi connectivity index (χ3v) is 6.67. The Morgan fingerprint density at radius 3 is 2.87 bits per heavy atom. The molecule has 1 fully saturated rings. The Kier molecular flexibility index (Phi) is 4.11. The van der Waals surface area contributed by atoms with Gasteiger partial charge in [-0.3, -0.25) is 9.79 Å². The molecular formula is C23H18N4O2S. The maximum Gasteiger partial charge on any atom is 0.162 e. The van der Waals surface area contributed by atoms with E-state index in [0.717, 1.165) is 69.9 Å². The van der Waals surface area contributed by atoms with Gasteiger partial charge in [-0.25, -0.2) is 9.97 Å². The first kappa shape index (κ1) is 17.7. The molecule has 0 unspecified atom stereocenters. The number of morpholine rings is 1. The van der Waals surface area contributed by atoms with Crippen LogP contribution in [0.25, 0.3) is 21.4 Å². The Morgan fingerprint density at radius 2 is 2.00 bits per heavy atom. The summed E-state index contributed by atoms with van der Waals surface area (Å²) in [5.41, 5.74) is 6.10. The van der Waals surface area contributed by atoms with Crippen molar-refractivity contribution in [2.75, 3.05) is 31.2 Å². The first-order valence-electron chi connectivity index (χ1n) is 10.00. The number of fused-ring (bicyclic) bond motifs is 4. The largest absolute Gasteiger partial charge is 0.378 e. The predicted molar refractivity (Wildman–Crippen MR) is 120 cm³/mol. The zero-order valence-corrected chi connectivity index (χ0v) is 17.0. The number of para-hydroxylation sites is 1. The molecule has 1 aliphatic carbocycles. The van der Waals surface area contributed by atoms with E-state index in [1.165, 1.54) is 11.3 Å².